The molecule has 0 fully saturated rings. The minimum absolute atomic E-state index is 0. The Morgan fingerprint density at radius 1 is 1.06 bits per heavy atom. The molecule has 2 aromatic carbocycles. The van der Waals surface area contributed by atoms with Crippen LogP contribution in [0.5, 0.6) is 0 Å². The second-order valence-corrected chi connectivity index (χ2v) is 6.91. The van der Waals surface area contributed by atoms with Gasteiger partial charge in [0.15, 0.2) is 0 Å². The quantitative estimate of drug-likeness (QED) is 0.111. The SMILES string of the molecule is CCOC(=O)/C([O-])=C/c1cc(N(Cc2ccccc2)Cc2ccccc2)ncc1[N+](=O)[O-].[K+]. The molecule has 3 aromatic rings. The third kappa shape index (κ3) is 7.76. The van der Waals surface area contributed by atoms with Gasteiger partial charge >= 0.3 is 57.4 Å². The fourth-order valence-corrected chi connectivity index (χ4v) is 3.12. The fourth-order valence-electron chi connectivity index (χ4n) is 3.12. The van der Waals surface area contributed by atoms with Crippen molar-refractivity contribution in [1.29, 1.82) is 0 Å². The molecule has 33 heavy (non-hydrogen) atoms. The zero-order valence-corrected chi connectivity index (χ0v) is 21.6. The van der Waals surface area contributed by atoms with E-state index in [9.17, 15) is 20.0 Å². The summed E-state index contributed by atoms with van der Waals surface area (Å²) in [7, 11) is 0. The molecule has 1 heterocycles. The average molecular weight is 472 g/mol. The molecule has 0 radical (unpaired) electrons. The van der Waals surface area contributed by atoms with Gasteiger partial charge in [-0.15, -0.1) is 0 Å². The third-order valence-electron chi connectivity index (χ3n) is 4.62. The molecule has 0 aliphatic heterocycles. The van der Waals surface area contributed by atoms with Gasteiger partial charge in [0.05, 0.1) is 17.1 Å². The molecule has 0 spiro atoms. The number of hydrogen-bond acceptors (Lipinski definition) is 7. The van der Waals surface area contributed by atoms with Crippen molar-refractivity contribution in [3.8, 4) is 0 Å². The molecule has 0 aliphatic rings. The molecule has 0 aliphatic carbocycles. The zero-order valence-electron chi connectivity index (χ0n) is 18.5. The van der Waals surface area contributed by atoms with Crippen molar-refractivity contribution in [1.82, 2.24) is 4.98 Å². The van der Waals surface area contributed by atoms with Gasteiger partial charge in [-0.1, -0.05) is 60.7 Å². The summed E-state index contributed by atoms with van der Waals surface area (Å²) >= 11 is 0. The van der Waals surface area contributed by atoms with Gasteiger partial charge in [0.1, 0.15) is 12.0 Å². The number of nitrogens with zero attached hydrogens (tertiary/aromatic N) is 3. The van der Waals surface area contributed by atoms with Crippen LogP contribution in [0.2, 0.25) is 0 Å². The van der Waals surface area contributed by atoms with Gasteiger partial charge in [0, 0.05) is 13.1 Å². The number of esters is 1. The topological polar surface area (TPSA) is 109 Å². The molecule has 9 heteroatoms. The first-order chi connectivity index (χ1) is 15.5. The molecule has 3 rings (SSSR count). The van der Waals surface area contributed by atoms with Crippen LogP contribution in [-0.2, 0) is 22.6 Å². The molecule has 0 amide bonds. The molecular formula is C24H22KN3O5. The molecule has 164 valence electrons. The van der Waals surface area contributed by atoms with Crippen molar-refractivity contribution in [2.45, 2.75) is 20.0 Å². The summed E-state index contributed by atoms with van der Waals surface area (Å²) in [5.74, 6) is -1.60. The Hall–Kier alpha value is -2.56. The van der Waals surface area contributed by atoms with Crippen molar-refractivity contribution >= 4 is 23.6 Å². The molecule has 8 nitrogen and oxygen atoms in total. The predicted molar refractivity (Wildman–Crippen MR) is 118 cm³/mol. The zero-order chi connectivity index (χ0) is 22.9. The van der Waals surface area contributed by atoms with Gasteiger partial charge in [-0.05, 0) is 36.0 Å². The van der Waals surface area contributed by atoms with Crippen LogP contribution in [0.3, 0.4) is 0 Å². The number of hydrogen-bond donors (Lipinski definition) is 0. The summed E-state index contributed by atoms with van der Waals surface area (Å²) in [5, 5.41) is 23.6. The number of aromatic nitrogens is 1. The van der Waals surface area contributed by atoms with Crippen molar-refractivity contribution in [3.05, 3.63) is 105 Å². The predicted octanol–water partition coefficient (Wildman–Crippen LogP) is 0.465. The van der Waals surface area contributed by atoms with E-state index in [1.807, 2.05) is 65.6 Å². The van der Waals surface area contributed by atoms with Crippen LogP contribution in [0.4, 0.5) is 11.5 Å². The second kappa shape index (κ2) is 13.2. The van der Waals surface area contributed by atoms with Gasteiger partial charge in [-0.2, -0.15) is 0 Å². The number of nitro groups is 1. The first-order valence-corrected chi connectivity index (χ1v) is 10.0. The fraction of sp³-hybridized carbons (Fsp3) is 0.167. The van der Waals surface area contributed by atoms with Crippen LogP contribution < -0.4 is 61.4 Å². The van der Waals surface area contributed by atoms with E-state index in [0.717, 1.165) is 23.4 Å². The number of carbonyl (C=O) groups is 1. The van der Waals surface area contributed by atoms with Gasteiger partial charge < -0.3 is 14.7 Å². The van der Waals surface area contributed by atoms with E-state index in [1.54, 1.807) is 6.92 Å². The van der Waals surface area contributed by atoms with E-state index in [1.165, 1.54) is 6.07 Å². The number of anilines is 1. The number of pyridine rings is 1. The Bertz CT molecular complexity index is 1070. The van der Waals surface area contributed by atoms with E-state index < -0.39 is 16.7 Å². The average Bonchev–Trinajstić information content (AvgIpc) is 2.80. The Labute approximate surface area is 234 Å². The van der Waals surface area contributed by atoms with Crippen LogP contribution in [0.1, 0.15) is 23.6 Å². The molecule has 0 saturated carbocycles. The van der Waals surface area contributed by atoms with Crippen LogP contribution >= 0.6 is 0 Å². The normalized spacial score (nSPS) is 10.8. The Balaban J connectivity index is 0.00000385. The smallest absolute Gasteiger partial charge is 0.868 e. The van der Waals surface area contributed by atoms with Crippen LogP contribution in [0, 0.1) is 10.1 Å². The van der Waals surface area contributed by atoms with E-state index in [0.29, 0.717) is 18.9 Å². The van der Waals surface area contributed by atoms with Gasteiger partial charge in [-0.25, -0.2) is 9.78 Å². The molecule has 1 aromatic heterocycles. The molecule has 0 unspecified atom stereocenters. The maximum absolute atomic E-state index is 12.2. The first-order valence-electron chi connectivity index (χ1n) is 10.0. The van der Waals surface area contributed by atoms with E-state index in [4.69, 9.17) is 4.74 Å². The summed E-state index contributed by atoms with van der Waals surface area (Å²) in [6.07, 6.45) is 2.02. The van der Waals surface area contributed by atoms with E-state index >= 15 is 0 Å². The van der Waals surface area contributed by atoms with Gasteiger partial charge in [0.25, 0.3) is 5.69 Å². The maximum atomic E-state index is 12.2. The summed E-state index contributed by atoms with van der Waals surface area (Å²) in [6, 6.07) is 20.9. The van der Waals surface area contributed by atoms with Crippen LogP contribution in [0.25, 0.3) is 6.08 Å². The largest absolute Gasteiger partial charge is 1.00 e. The van der Waals surface area contributed by atoms with Crippen molar-refractivity contribution < 1.29 is 70.9 Å². The monoisotopic (exact) mass is 471 g/mol. The Morgan fingerprint density at radius 2 is 1.61 bits per heavy atom. The summed E-state index contributed by atoms with van der Waals surface area (Å²) < 4.78 is 4.70. The minimum atomic E-state index is -1.06. The van der Waals surface area contributed by atoms with Crippen molar-refractivity contribution in [2.75, 3.05) is 11.5 Å². The van der Waals surface area contributed by atoms with Crippen molar-refractivity contribution in [2.24, 2.45) is 0 Å². The number of carbonyl (C=O) groups excluding carboxylic acids is 1. The Morgan fingerprint density at radius 3 is 2.09 bits per heavy atom. The molecule has 0 atom stereocenters. The van der Waals surface area contributed by atoms with E-state index in [2.05, 4.69) is 4.98 Å². The van der Waals surface area contributed by atoms with Crippen molar-refractivity contribution in [3.63, 3.8) is 0 Å². The van der Waals surface area contributed by atoms with E-state index in [-0.39, 0.29) is 69.2 Å². The third-order valence-corrected chi connectivity index (χ3v) is 4.62. The minimum Gasteiger partial charge on any atom is -0.868 e. The maximum Gasteiger partial charge on any atom is 1.00 e. The van der Waals surface area contributed by atoms with Crippen LogP contribution in [-0.4, -0.2) is 22.5 Å². The molecular weight excluding hydrogens is 449 g/mol. The second-order valence-electron chi connectivity index (χ2n) is 6.91. The summed E-state index contributed by atoms with van der Waals surface area (Å²) in [5.41, 5.74) is 1.67. The molecule has 0 N–H and O–H groups in total. The van der Waals surface area contributed by atoms with Gasteiger partial charge in [0.2, 0.25) is 0 Å². The van der Waals surface area contributed by atoms with Gasteiger partial charge in [-0.3, -0.25) is 10.1 Å². The Kier molecular flexibility index (Phi) is 10.7. The molecule has 0 bridgehead atoms. The standard InChI is InChI=1S/C24H23N3O5.K/c1-2-32-24(29)22(28)13-20-14-23(25-15-21(20)27(30)31)26(16-18-9-5-3-6-10-18)17-19-11-7-4-8-12-19;/h3-15,28H,2,16-17H2,1H3;/q;+1/p-1/b22-13-;. The first kappa shape index (κ1) is 26.7. The summed E-state index contributed by atoms with van der Waals surface area (Å²) in [4.78, 5) is 28.8. The number of ether oxygens (including phenoxy) is 1. The number of rotatable bonds is 9. The number of benzene rings is 2. The summed E-state index contributed by atoms with van der Waals surface area (Å²) in [6.45, 7) is 2.59. The van der Waals surface area contributed by atoms with Crippen LogP contribution in [0.15, 0.2) is 78.7 Å². The molecule has 0 saturated heterocycles.